The summed E-state index contributed by atoms with van der Waals surface area (Å²) in [5, 5.41) is 5.76. The maximum atomic E-state index is 5.96. The molecule has 0 amide bonds. The van der Waals surface area contributed by atoms with Crippen molar-refractivity contribution in [1.29, 1.82) is 0 Å². The average Bonchev–Trinajstić information content (AvgIpc) is 2.87. The van der Waals surface area contributed by atoms with E-state index in [0.717, 1.165) is 6.42 Å². The number of rotatable bonds is 3. The maximum absolute atomic E-state index is 5.96. The van der Waals surface area contributed by atoms with Crippen LogP contribution >= 0.6 is 22.9 Å². The molecular formula is C13H16ClN5S. The predicted octanol–water partition coefficient (Wildman–Crippen LogP) is 3.14. The summed E-state index contributed by atoms with van der Waals surface area (Å²) in [7, 11) is 3.76. The number of halogens is 1. The second-order valence-corrected chi connectivity index (χ2v) is 6.35. The third-order valence-electron chi connectivity index (χ3n) is 3.35. The van der Waals surface area contributed by atoms with Crippen molar-refractivity contribution in [2.75, 3.05) is 24.3 Å². The maximum Gasteiger partial charge on any atom is 0.230 e. The Bertz CT molecular complexity index is 613. The molecule has 0 saturated carbocycles. The fraction of sp³-hybridized carbons (Fsp3) is 0.462. The normalized spacial score (nSPS) is 17.6. The SMILES string of the molecule is CN(C)c1nc(Cl)nc(NC2CCCc3sccc32)n1. The molecule has 0 fully saturated rings. The van der Waals surface area contributed by atoms with E-state index in [1.165, 1.54) is 23.3 Å². The molecule has 1 aliphatic rings. The summed E-state index contributed by atoms with van der Waals surface area (Å²) in [4.78, 5) is 15.9. The Hall–Kier alpha value is -1.40. The monoisotopic (exact) mass is 309 g/mol. The highest BCUT2D eigenvalue weighted by Gasteiger charge is 2.22. The second-order valence-electron chi connectivity index (χ2n) is 5.01. The number of thiophene rings is 1. The highest BCUT2D eigenvalue weighted by molar-refractivity contribution is 7.10. The summed E-state index contributed by atoms with van der Waals surface area (Å²) in [5.74, 6) is 1.10. The molecule has 106 valence electrons. The van der Waals surface area contributed by atoms with Crippen molar-refractivity contribution in [1.82, 2.24) is 15.0 Å². The number of fused-ring (bicyclic) bond motifs is 1. The number of nitrogens with one attached hydrogen (secondary N) is 1. The molecule has 0 saturated heterocycles. The van der Waals surface area contributed by atoms with Crippen molar-refractivity contribution in [2.24, 2.45) is 0 Å². The van der Waals surface area contributed by atoms with Crippen LogP contribution in [0.3, 0.4) is 0 Å². The van der Waals surface area contributed by atoms with E-state index in [-0.39, 0.29) is 11.3 Å². The van der Waals surface area contributed by atoms with Crippen LogP contribution < -0.4 is 10.2 Å². The molecule has 3 rings (SSSR count). The molecule has 0 aromatic carbocycles. The Balaban J connectivity index is 1.86. The van der Waals surface area contributed by atoms with Crippen molar-refractivity contribution in [3.63, 3.8) is 0 Å². The fourth-order valence-electron chi connectivity index (χ4n) is 2.40. The van der Waals surface area contributed by atoms with Gasteiger partial charge in [-0.3, -0.25) is 0 Å². The van der Waals surface area contributed by atoms with Gasteiger partial charge in [-0.05, 0) is 47.9 Å². The van der Waals surface area contributed by atoms with Crippen molar-refractivity contribution in [3.05, 3.63) is 27.2 Å². The van der Waals surface area contributed by atoms with Gasteiger partial charge >= 0.3 is 0 Å². The number of anilines is 2. The number of aromatic nitrogens is 3. The van der Waals surface area contributed by atoms with Crippen LogP contribution in [0.15, 0.2) is 11.4 Å². The van der Waals surface area contributed by atoms with Crippen molar-refractivity contribution in [2.45, 2.75) is 25.3 Å². The van der Waals surface area contributed by atoms with Gasteiger partial charge in [-0.15, -0.1) is 11.3 Å². The average molecular weight is 310 g/mol. The van der Waals surface area contributed by atoms with Gasteiger partial charge in [0, 0.05) is 19.0 Å². The number of hydrogen-bond acceptors (Lipinski definition) is 6. The van der Waals surface area contributed by atoms with Gasteiger partial charge in [-0.1, -0.05) is 0 Å². The van der Waals surface area contributed by atoms with E-state index in [1.807, 2.05) is 30.3 Å². The molecule has 2 aromatic rings. The molecule has 1 aliphatic carbocycles. The molecule has 1 unspecified atom stereocenters. The van der Waals surface area contributed by atoms with E-state index in [4.69, 9.17) is 11.6 Å². The first-order chi connectivity index (χ1) is 9.63. The topological polar surface area (TPSA) is 53.9 Å². The van der Waals surface area contributed by atoms with Crippen LogP contribution in [0, 0.1) is 0 Å². The molecular weight excluding hydrogens is 294 g/mol. The first-order valence-electron chi connectivity index (χ1n) is 6.55. The van der Waals surface area contributed by atoms with Crippen LogP contribution in [0.5, 0.6) is 0 Å². The zero-order chi connectivity index (χ0) is 14.1. The summed E-state index contributed by atoms with van der Waals surface area (Å²) >= 11 is 7.79. The van der Waals surface area contributed by atoms with E-state index in [0.29, 0.717) is 11.9 Å². The summed E-state index contributed by atoms with van der Waals surface area (Å²) in [6, 6.07) is 2.45. The first kappa shape index (κ1) is 13.6. The smallest absolute Gasteiger partial charge is 0.230 e. The lowest BCUT2D eigenvalue weighted by Crippen LogP contribution is -2.19. The van der Waals surface area contributed by atoms with Crippen LogP contribution in [0.25, 0.3) is 0 Å². The van der Waals surface area contributed by atoms with Crippen LogP contribution in [-0.2, 0) is 6.42 Å². The quantitative estimate of drug-likeness (QED) is 0.944. The van der Waals surface area contributed by atoms with Crippen LogP contribution in [0.2, 0.25) is 5.28 Å². The minimum Gasteiger partial charge on any atom is -0.347 e. The minimum atomic E-state index is 0.215. The van der Waals surface area contributed by atoms with E-state index in [9.17, 15) is 0 Å². The highest BCUT2D eigenvalue weighted by Crippen LogP contribution is 2.35. The minimum absolute atomic E-state index is 0.215. The molecule has 0 radical (unpaired) electrons. The molecule has 5 nitrogen and oxygen atoms in total. The molecule has 2 heterocycles. The Morgan fingerprint density at radius 3 is 3.00 bits per heavy atom. The second kappa shape index (κ2) is 5.54. The van der Waals surface area contributed by atoms with Gasteiger partial charge in [0.1, 0.15) is 0 Å². The number of nitrogens with zero attached hydrogens (tertiary/aromatic N) is 4. The van der Waals surface area contributed by atoms with E-state index in [2.05, 4.69) is 31.7 Å². The standard InChI is InChI=1S/C13H16ClN5S/c1-19(2)13-17-11(14)16-12(18-13)15-9-4-3-5-10-8(9)6-7-20-10/h6-7,9H,3-5H2,1-2H3,(H,15,16,17,18). The Kier molecular flexibility index (Phi) is 3.76. The van der Waals surface area contributed by atoms with Crippen LogP contribution in [0.1, 0.15) is 29.3 Å². The van der Waals surface area contributed by atoms with Crippen molar-refractivity contribution >= 4 is 34.8 Å². The van der Waals surface area contributed by atoms with Gasteiger partial charge in [0.15, 0.2) is 0 Å². The van der Waals surface area contributed by atoms with E-state index in [1.54, 1.807) is 0 Å². The summed E-state index contributed by atoms with van der Waals surface area (Å²) in [6.45, 7) is 0. The van der Waals surface area contributed by atoms with E-state index < -0.39 is 0 Å². The van der Waals surface area contributed by atoms with Crippen molar-refractivity contribution < 1.29 is 0 Å². The molecule has 20 heavy (non-hydrogen) atoms. The summed E-state index contributed by atoms with van der Waals surface area (Å²) in [5.41, 5.74) is 1.36. The van der Waals surface area contributed by atoms with Crippen LogP contribution in [0.4, 0.5) is 11.9 Å². The molecule has 0 aliphatic heterocycles. The summed E-state index contributed by atoms with van der Waals surface area (Å²) in [6.07, 6.45) is 3.45. The van der Waals surface area contributed by atoms with Gasteiger partial charge < -0.3 is 10.2 Å². The lowest BCUT2D eigenvalue weighted by Gasteiger charge is -2.24. The van der Waals surface area contributed by atoms with Gasteiger partial charge in [0.05, 0.1) is 6.04 Å². The van der Waals surface area contributed by atoms with Gasteiger partial charge in [-0.2, -0.15) is 15.0 Å². The van der Waals surface area contributed by atoms with Gasteiger partial charge in [0.2, 0.25) is 17.2 Å². The third kappa shape index (κ3) is 2.71. The largest absolute Gasteiger partial charge is 0.347 e. The summed E-state index contributed by atoms with van der Waals surface area (Å²) < 4.78 is 0. The highest BCUT2D eigenvalue weighted by atomic mass is 35.5. The Labute approximate surface area is 127 Å². The van der Waals surface area contributed by atoms with Gasteiger partial charge in [-0.25, -0.2) is 0 Å². The lowest BCUT2D eigenvalue weighted by atomic mass is 9.94. The first-order valence-corrected chi connectivity index (χ1v) is 7.81. The van der Waals surface area contributed by atoms with Gasteiger partial charge in [0.25, 0.3) is 0 Å². The van der Waals surface area contributed by atoms with Crippen LogP contribution in [-0.4, -0.2) is 29.0 Å². The molecule has 1 N–H and O–H groups in total. The molecule has 0 bridgehead atoms. The predicted molar refractivity (Wildman–Crippen MR) is 82.8 cm³/mol. The fourth-order valence-corrected chi connectivity index (χ4v) is 3.54. The molecule has 7 heteroatoms. The number of aryl methyl sites for hydroxylation is 1. The Morgan fingerprint density at radius 2 is 2.20 bits per heavy atom. The van der Waals surface area contributed by atoms with E-state index >= 15 is 0 Å². The Morgan fingerprint density at radius 1 is 1.35 bits per heavy atom. The molecule has 1 atom stereocenters. The third-order valence-corrected chi connectivity index (χ3v) is 4.52. The number of hydrogen-bond donors (Lipinski definition) is 1. The van der Waals surface area contributed by atoms with Crippen molar-refractivity contribution in [3.8, 4) is 0 Å². The molecule has 2 aromatic heterocycles. The zero-order valence-electron chi connectivity index (χ0n) is 11.4. The lowest BCUT2D eigenvalue weighted by molar-refractivity contribution is 0.604. The molecule has 0 spiro atoms. The zero-order valence-corrected chi connectivity index (χ0v) is 13.0.